The number of hydrogen-bond acceptors (Lipinski definition) is 3. The van der Waals surface area contributed by atoms with Crippen LogP contribution < -0.4 is 9.62 Å². The molecule has 0 unspecified atom stereocenters. The van der Waals surface area contributed by atoms with Gasteiger partial charge >= 0.3 is 0 Å². The first-order valence-corrected chi connectivity index (χ1v) is 11.6. The fraction of sp³-hybridized carbons (Fsp3) is 0.240. The van der Waals surface area contributed by atoms with Crippen LogP contribution in [0, 0.1) is 20.8 Å². The molecule has 3 aromatic rings. The molecule has 0 bridgehead atoms. The molecule has 6 heteroatoms. The molecule has 5 nitrogen and oxygen atoms in total. The number of aryl methyl sites for hydroxylation is 3. The van der Waals surface area contributed by atoms with Crippen LogP contribution >= 0.6 is 0 Å². The number of amides is 1. The molecule has 31 heavy (non-hydrogen) atoms. The molecule has 0 heterocycles. The number of carbonyl (C=O) groups excluding carboxylic acids is 1. The van der Waals surface area contributed by atoms with E-state index in [0.29, 0.717) is 11.3 Å². The summed E-state index contributed by atoms with van der Waals surface area (Å²) in [5.74, 6) is -0.319. The molecule has 3 aromatic carbocycles. The van der Waals surface area contributed by atoms with Crippen molar-refractivity contribution in [2.45, 2.75) is 38.6 Å². The van der Waals surface area contributed by atoms with Crippen LogP contribution in [0.15, 0.2) is 71.6 Å². The van der Waals surface area contributed by atoms with Gasteiger partial charge in [0, 0.05) is 12.6 Å². The van der Waals surface area contributed by atoms with Crippen LogP contribution in [0.5, 0.6) is 0 Å². The third-order valence-corrected chi connectivity index (χ3v) is 7.31. The first-order valence-electron chi connectivity index (χ1n) is 10.1. The van der Waals surface area contributed by atoms with Gasteiger partial charge in [-0.1, -0.05) is 42.0 Å². The zero-order valence-corrected chi connectivity index (χ0v) is 19.3. The van der Waals surface area contributed by atoms with E-state index in [9.17, 15) is 13.2 Å². The molecule has 0 saturated heterocycles. The summed E-state index contributed by atoms with van der Waals surface area (Å²) in [5.41, 5.74) is 5.26. The molecule has 0 aromatic heterocycles. The van der Waals surface area contributed by atoms with Gasteiger partial charge in [-0.3, -0.25) is 9.10 Å². The van der Waals surface area contributed by atoms with E-state index in [4.69, 9.17) is 0 Å². The van der Waals surface area contributed by atoms with Gasteiger partial charge < -0.3 is 5.32 Å². The summed E-state index contributed by atoms with van der Waals surface area (Å²) < 4.78 is 27.4. The summed E-state index contributed by atoms with van der Waals surface area (Å²) in [7, 11) is -2.29. The van der Waals surface area contributed by atoms with Crippen molar-refractivity contribution < 1.29 is 13.2 Å². The Bertz CT molecular complexity index is 1200. The summed E-state index contributed by atoms with van der Waals surface area (Å²) >= 11 is 0. The van der Waals surface area contributed by atoms with Gasteiger partial charge in [0.15, 0.2) is 0 Å². The third kappa shape index (κ3) is 4.97. The van der Waals surface area contributed by atoms with E-state index in [-0.39, 0.29) is 16.8 Å². The van der Waals surface area contributed by atoms with Gasteiger partial charge in [-0.15, -0.1) is 0 Å². The Hall–Kier alpha value is -3.12. The number of rotatable bonds is 6. The molecule has 0 saturated carbocycles. The number of hydrogen-bond donors (Lipinski definition) is 1. The van der Waals surface area contributed by atoms with Crippen LogP contribution in [0.25, 0.3) is 0 Å². The van der Waals surface area contributed by atoms with Crippen molar-refractivity contribution in [1.82, 2.24) is 5.32 Å². The maximum absolute atomic E-state index is 13.1. The van der Waals surface area contributed by atoms with Crippen LogP contribution in [0.4, 0.5) is 5.69 Å². The zero-order valence-electron chi connectivity index (χ0n) is 18.5. The van der Waals surface area contributed by atoms with Crippen LogP contribution in [0.1, 0.15) is 45.6 Å². The Morgan fingerprint density at radius 1 is 0.903 bits per heavy atom. The van der Waals surface area contributed by atoms with E-state index in [1.165, 1.54) is 29.0 Å². The number of anilines is 1. The van der Waals surface area contributed by atoms with Gasteiger partial charge in [-0.05, 0) is 74.7 Å². The Morgan fingerprint density at radius 3 is 2.23 bits per heavy atom. The quantitative estimate of drug-likeness (QED) is 0.596. The van der Waals surface area contributed by atoms with E-state index >= 15 is 0 Å². The largest absolute Gasteiger partial charge is 0.346 e. The molecule has 0 aliphatic carbocycles. The molecule has 1 N–H and O–H groups in total. The lowest BCUT2D eigenvalue weighted by Gasteiger charge is -2.20. The van der Waals surface area contributed by atoms with E-state index in [2.05, 4.69) is 11.4 Å². The molecule has 1 atom stereocenters. The highest BCUT2D eigenvalue weighted by atomic mass is 32.2. The number of benzene rings is 3. The fourth-order valence-electron chi connectivity index (χ4n) is 3.25. The molecule has 3 rings (SSSR count). The monoisotopic (exact) mass is 436 g/mol. The van der Waals surface area contributed by atoms with Crippen LogP contribution in [0.3, 0.4) is 0 Å². The van der Waals surface area contributed by atoms with Crippen LogP contribution in [-0.4, -0.2) is 21.4 Å². The maximum Gasteiger partial charge on any atom is 0.264 e. The first-order chi connectivity index (χ1) is 14.6. The summed E-state index contributed by atoms with van der Waals surface area (Å²) in [6.45, 7) is 7.93. The van der Waals surface area contributed by atoms with Gasteiger partial charge in [0.1, 0.15) is 0 Å². The second kappa shape index (κ2) is 8.94. The predicted molar refractivity (Wildman–Crippen MR) is 125 cm³/mol. The Kier molecular flexibility index (Phi) is 6.51. The number of nitrogens with zero attached hydrogens (tertiary/aromatic N) is 1. The molecular weight excluding hydrogens is 408 g/mol. The normalized spacial score (nSPS) is 12.3. The van der Waals surface area contributed by atoms with Crippen molar-refractivity contribution in [2.24, 2.45) is 0 Å². The molecule has 0 radical (unpaired) electrons. The summed E-state index contributed by atoms with van der Waals surface area (Å²) in [6, 6.07) is 19.2. The van der Waals surface area contributed by atoms with Crippen molar-refractivity contribution in [3.05, 3.63) is 94.5 Å². The molecule has 0 fully saturated rings. The van der Waals surface area contributed by atoms with Crippen molar-refractivity contribution >= 4 is 21.6 Å². The molecule has 1 amide bonds. The van der Waals surface area contributed by atoms with E-state index in [0.717, 1.165) is 16.7 Å². The summed E-state index contributed by atoms with van der Waals surface area (Å²) in [5, 5.41) is 2.96. The molecule has 0 aliphatic rings. The molecule has 162 valence electrons. The number of carbonyl (C=O) groups is 1. The zero-order chi connectivity index (χ0) is 22.8. The van der Waals surface area contributed by atoms with Crippen molar-refractivity contribution in [3.8, 4) is 0 Å². The van der Waals surface area contributed by atoms with Crippen LogP contribution in [-0.2, 0) is 10.0 Å². The fourth-order valence-corrected chi connectivity index (χ4v) is 4.49. The van der Waals surface area contributed by atoms with Crippen LogP contribution in [0.2, 0.25) is 0 Å². The molecular formula is C25H28N2O3S. The summed E-state index contributed by atoms with van der Waals surface area (Å²) in [6.07, 6.45) is 0. The Morgan fingerprint density at radius 2 is 1.58 bits per heavy atom. The van der Waals surface area contributed by atoms with Gasteiger partial charge in [-0.25, -0.2) is 8.42 Å². The van der Waals surface area contributed by atoms with E-state index in [1.54, 1.807) is 24.3 Å². The lowest BCUT2D eigenvalue weighted by molar-refractivity contribution is 0.0939. The van der Waals surface area contributed by atoms with Gasteiger partial charge in [0.25, 0.3) is 15.9 Å². The minimum atomic E-state index is -3.80. The average Bonchev–Trinajstić information content (AvgIpc) is 2.75. The smallest absolute Gasteiger partial charge is 0.264 e. The highest BCUT2D eigenvalue weighted by molar-refractivity contribution is 7.92. The van der Waals surface area contributed by atoms with Crippen molar-refractivity contribution in [2.75, 3.05) is 11.4 Å². The molecule has 0 spiro atoms. The lowest BCUT2D eigenvalue weighted by Crippen LogP contribution is -2.28. The van der Waals surface area contributed by atoms with E-state index < -0.39 is 10.0 Å². The molecule has 0 aliphatic heterocycles. The topological polar surface area (TPSA) is 66.5 Å². The second-order valence-electron chi connectivity index (χ2n) is 7.87. The minimum Gasteiger partial charge on any atom is -0.346 e. The maximum atomic E-state index is 13.1. The Labute approximate surface area is 184 Å². The Balaban J connectivity index is 1.82. The second-order valence-corrected chi connectivity index (χ2v) is 9.84. The number of nitrogens with one attached hydrogen (secondary N) is 1. The average molecular weight is 437 g/mol. The lowest BCUT2D eigenvalue weighted by atomic mass is 10.0. The van der Waals surface area contributed by atoms with Gasteiger partial charge in [0.05, 0.1) is 16.6 Å². The summed E-state index contributed by atoms with van der Waals surface area (Å²) in [4.78, 5) is 12.9. The van der Waals surface area contributed by atoms with E-state index in [1.807, 2.05) is 52.0 Å². The minimum absolute atomic E-state index is 0.0714. The SMILES string of the molecule is Cc1ccc(N(C)S(=O)(=O)c2cccc(C(=O)N[C@@H](C)c3ccc(C)c(C)c3)c2)cc1. The first kappa shape index (κ1) is 22.6. The van der Waals surface area contributed by atoms with Gasteiger partial charge in [-0.2, -0.15) is 0 Å². The van der Waals surface area contributed by atoms with Crippen molar-refractivity contribution in [1.29, 1.82) is 0 Å². The highest BCUT2D eigenvalue weighted by Gasteiger charge is 2.23. The standard InChI is InChI=1S/C25H28N2O3S/c1-17-9-13-23(14-10-17)27(5)31(29,30)24-8-6-7-22(16-24)25(28)26-20(4)21-12-11-18(2)19(3)15-21/h6-16,20H,1-5H3,(H,26,28)/t20-/m0/s1. The van der Waals surface area contributed by atoms with Gasteiger partial charge in [0.2, 0.25) is 0 Å². The third-order valence-electron chi connectivity index (χ3n) is 5.53. The van der Waals surface area contributed by atoms with Crippen molar-refractivity contribution in [3.63, 3.8) is 0 Å². The number of sulfonamides is 1. The predicted octanol–water partition coefficient (Wildman–Crippen LogP) is 4.93. The highest BCUT2D eigenvalue weighted by Crippen LogP contribution is 2.23.